The van der Waals surface area contributed by atoms with Crippen molar-refractivity contribution in [2.45, 2.75) is 39.2 Å². The van der Waals surface area contributed by atoms with Crippen LogP contribution in [0.25, 0.3) is 0 Å². The van der Waals surface area contributed by atoms with E-state index in [1.54, 1.807) is 6.20 Å². The van der Waals surface area contributed by atoms with E-state index in [1.165, 1.54) is 0 Å². The summed E-state index contributed by atoms with van der Waals surface area (Å²) in [6.45, 7) is 4.80. The Morgan fingerprint density at radius 3 is 2.88 bits per heavy atom. The number of rotatable bonds is 2. The zero-order valence-electron chi connectivity index (χ0n) is 9.81. The fraction of sp³-hybridized carbons (Fsp3) is 0.583. The van der Waals surface area contributed by atoms with Crippen molar-refractivity contribution in [3.8, 4) is 0 Å². The molecule has 2 rings (SSSR count). The minimum Gasteiger partial charge on any atom is -0.346 e. The average molecular weight is 219 g/mol. The molecule has 1 aromatic heterocycles. The minimum absolute atomic E-state index is 0.0230. The Balaban J connectivity index is 2.27. The van der Waals surface area contributed by atoms with Gasteiger partial charge in [-0.3, -0.25) is 4.98 Å². The Bertz CT molecular complexity index is 392. The predicted molar refractivity (Wildman–Crippen MR) is 62.6 cm³/mol. The van der Waals surface area contributed by atoms with Gasteiger partial charge in [0.25, 0.3) is 0 Å². The molecule has 16 heavy (non-hydrogen) atoms. The third-order valence-corrected chi connectivity index (χ3v) is 3.18. The quantitative estimate of drug-likeness (QED) is 0.709. The molecule has 4 nitrogen and oxygen atoms in total. The molecule has 0 aliphatic carbocycles. The summed E-state index contributed by atoms with van der Waals surface area (Å²) in [6.07, 6.45) is 5.97. The van der Waals surface area contributed by atoms with Crippen LogP contribution < -0.4 is 4.90 Å². The molecule has 1 aliphatic rings. The van der Waals surface area contributed by atoms with E-state index in [9.17, 15) is 4.79 Å². The number of aromatic nitrogens is 2. The highest BCUT2D eigenvalue weighted by atomic mass is 16.1. The molecule has 1 saturated heterocycles. The zero-order valence-corrected chi connectivity index (χ0v) is 9.81. The molecule has 1 fully saturated rings. The molecular weight excluding hydrogens is 202 g/mol. The molecule has 0 N–H and O–H groups in total. The Morgan fingerprint density at radius 2 is 2.19 bits per heavy atom. The van der Waals surface area contributed by atoms with Crippen molar-refractivity contribution in [1.29, 1.82) is 0 Å². The van der Waals surface area contributed by atoms with Crippen LogP contribution in [0.4, 0.5) is 5.82 Å². The second-order valence-corrected chi connectivity index (χ2v) is 4.29. The van der Waals surface area contributed by atoms with E-state index < -0.39 is 0 Å². The van der Waals surface area contributed by atoms with Crippen LogP contribution in [0.3, 0.4) is 0 Å². The molecule has 0 saturated carbocycles. The van der Waals surface area contributed by atoms with Gasteiger partial charge < -0.3 is 9.69 Å². The van der Waals surface area contributed by atoms with Crippen LogP contribution in [-0.4, -0.2) is 28.8 Å². The van der Waals surface area contributed by atoms with Crippen LogP contribution in [-0.2, 0) is 4.79 Å². The number of anilines is 1. The second kappa shape index (κ2) is 4.60. The zero-order chi connectivity index (χ0) is 11.5. The van der Waals surface area contributed by atoms with Gasteiger partial charge in [-0.1, -0.05) is 0 Å². The number of nitrogens with zero attached hydrogens (tertiary/aromatic N) is 3. The summed E-state index contributed by atoms with van der Waals surface area (Å²) in [6, 6.07) is -0.0230. The standard InChI is InChI=1S/C12H17N3O/c1-9-10(2)14-12(7-13-9)15-6-4-3-5-11(15)8-16/h7-8,11H,3-6H2,1-2H3. The Labute approximate surface area is 95.7 Å². The van der Waals surface area contributed by atoms with Gasteiger partial charge in [0.15, 0.2) is 0 Å². The van der Waals surface area contributed by atoms with Crippen LogP contribution in [0.1, 0.15) is 30.7 Å². The van der Waals surface area contributed by atoms with Crippen LogP contribution in [0.15, 0.2) is 6.20 Å². The summed E-state index contributed by atoms with van der Waals surface area (Å²) in [4.78, 5) is 21.9. The van der Waals surface area contributed by atoms with Crippen molar-refractivity contribution in [2.75, 3.05) is 11.4 Å². The largest absolute Gasteiger partial charge is 0.346 e. The number of piperidine rings is 1. The number of hydrogen-bond acceptors (Lipinski definition) is 4. The van der Waals surface area contributed by atoms with E-state index in [1.807, 2.05) is 13.8 Å². The average Bonchev–Trinajstić information content (AvgIpc) is 2.32. The van der Waals surface area contributed by atoms with Gasteiger partial charge >= 0.3 is 0 Å². The minimum atomic E-state index is -0.0230. The van der Waals surface area contributed by atoms with Gasteiger partial charge in [0, 0.05) is 6.54 Å². The highest BCUT2D eigenvalue weighted by Gasteiger charge is 2.23. The summed E-state index contributed by atoms with van der Waals surface area (Å²) in [5.41, 5.74) is 1.89. The molecule has 0 aromatic carbocycles. The first-order chi connectivity index (χ1) is 7.72. The van der Waals surface area contributed by atoms with Crippen LogP contribution in [0.5, 0.6) is 0 Å². The smallest absolute Gasteiger partial charge is 0.148 e. The summed E-state index contributed by atoms with van der Waals surface area (Å²) >= 11 is 0. The lowest BCUT2D eigenvalue weighted by atomic mass is 10.0. The Hall–Kier alpha value is -1.45. The van der Waals surface area contributed by atoms with Gasteiger partial charge in [-0.05, 0) is 33.1 Å². The summed E-state index contributed by atoms with van der Waals surface area (Å²) in [5.74, 6) is 0.833. The normalized spacial score (nSPS) is 20.9. The van der Waals surface area contributed by atoms with Gasteiger partial charge in [-0.25, -0.2) is 4.98 Å². The number of carbonyl (C=O) groups is 1. The fourth-order valence-electron chi connectivity index (χ4n) is 2.05. The first-order valence-electron chi connectivity index (χ1n) is 5.74. The van der Waals surface area contributed by atoms with Crippen LogP contribution in [0, 0.1) is 13.8 Å². The van der Waals surface area contributed by atoms with Crippen LogP contribution >= 0.6 is 0 Å². The SMILES string of the molecule is Cc1ncc(N2CCCCC2C=O)nc1C. The van der Waals surface area contributed by atoms with E-state index in [0.717, 1.165) is 49.3 Å². The van der Waals surface area contributed by atoms with Crippen LogP contribution in [0.2, 0.25) is 0 Å². The van der Waals surface area contributed by atoms with Crippen molar-refractivity contribution < 1.29 is 4.79 Å². The van der Waals surface area contributed by atoms with Gasteiger partial charge in [-0.15, -0.1) is 0 Å². The molecule has 0 bridgehead atoms. The highest BCUT2D eigenvalue weighted by Crippen LogP contribution is 2.22. The maximum Gasteiger partial charge on any atom is 0.148 e. The summed E-state index contributed by atoms with van der Waals surface area (Å²) < 4.78 is 0. The third kappa shape index (κ3) is 2.05. The van der Waals surface area contributed by atoms with E-state index in [2.05, 4.69) is 14.9 Å². The van der Waals surface area contributed by atoms with E-state index in [0.29, 0.717) is 0 Å². The molecular formula is C12H17N3O. The maximum atomic E-state index is 11.0. The van der Waals surface area contributed by atoms with Gasteiger partial charge in [0.1, 0.15) is 12.1 Å². The Morgan fingerprint density at radius 1 is 1.38 bits per heavy atom. The van der Waals surface area contributed by atoms with E-state index >= 15 is 0 Å². The molecule has 2 heterocycles. The highest BCUT2D eigenvalue weighted by molar-refractivity contribution is 5.65. The van der Waals surface area contributed by atoms with E-state index in [4.69, 9.17) is 0 Å². The molecule has 0 amide bonds. The van der Waals surface area contributed by atoms with Gasteiger partial charge in [0.05, 0.1) is 23.6 Å². The summed E-state index contributed by atoms with van der Waals surface area (Å²) in [5, 5.41) is 0. The third-order valence-electron chi connectivity index (χ3n) is 3.18. The molecule has 1 atom stereocenters. The lowest BCUT2D eigenvalue weighted by Gasteiger charge is -2.33. The predicted octanol–water partition coefficient (Wildman–Crippen LogP) is 1.65. The van der Waals surface area contributed by atoms with Gasteiger partial charge in [-0.2, -0.15) is 0 Å². The summed E-state index contributed by atoms with van der Waals surface area (Å²) in [7, 11) is 0. The molecule has 4 heteroatoms. The first-order valence-corrected chi connectivity index (χ1v) is 5.74. The monoisotopic (exact) mass is 219 g/mol. The van der Waals surface area contributed by atoms with Gasteiger partial charge in [0.2, 0.25) is 0 Å². The molecule has 1 aliphatic heterocycles. The molecule has 0 radical (unpaired) electrons. The molecule has 1 aromatic rings. The number of aldehydes is 1. The van der Waals surface area contributed by atoms with Crippen molar-refractivity contribution in [1.82, 2.24) is 9.97 Å². The number of hydrogen-bond donors (Lipinski definition) is 0. The lowest BCUT2D eigenvalue weighted by molar-refractivity contribution is -0.109. The first kappa shape index (κ1) is 11.0. The van der Waals surface area contributed by atoms with Crippen molar-refractivity contribution in [3.05, 3.63) is 17.6 Å². The molecule has 1 unspecified atom stereocenters. The number of aryl methyl sites for hydroxylation is 2. The van der Waals surface area contributed by atoms with E-state index in [-0.39, 0.29) is 6.04 Å². The van der Waals surface area contributed by atoms with Crippen molar-refractivity contribution in [3.63, 3.8) is 0 Å². The Kier molecular flexibility index (Phi) is 3.17. The second-order valence-electron chi connectivity index (χ2n) is 4.29. The fourth-order valence-corrected chi connectivity index (χ4v) is 2.05. The molecule has 0 spiro atoms. The topological polar surface area (TPSA) is 46.1 Å². The number of carbonyl (C=O) groups excluding carboxylic acids is 1. The van der Waals surface area contributed by atoms with Crippen molar-refractivity contribution in [2.24, 2.45) is 0 Å². The molecule has 86 valence electrons. The lowest BCUT2D eigenvalue weighted by Crippen LogP contribution is -2.41. The van der Waals surface area contributed by atoms with Crippen molar-refractivity contribution >= 4 is 12.1 Å². The maximum absolute atomic E-state index is 11.0.